The van der Waals surface area contributed by atoms with Crippen molar-refractivity contribution in [2.24, 2.45) is 0 Å². The molecule has 0 aliphatic carbocycles. The second-order valence-electron chi connectivity index (χ2n) is 7.96. The summed E-state index contributed by atoms with van der Waals surface area (Å²) < 4.78 is 14.9. The maximum atomic E-state index is 13.6. The van der Waals surface area contributed by atoms with Gasteiger partial charge in [-0.3, -0.25) is 9.36 Å². The molecule has 0 unspecified atom stereocenters. The summed E-state index contributed by atoms with van der Waals surface area (Å²) >= 11 is 0. The number of hydrogen-bond donors (Lipinski definition) is 0. The molecule has 2 aromatic heterocycles. The monoisotopic (exact) mass is 456 g/mol. The van der Waals surface area contributed by atoms with E-state index in [9.17, 15) is 9.59 Å². The van der Waals surface area contributed by atoms with Gasteiger partial charge in [-0.2, -0.15) is 0 Å². The van der Waals surface area contributed by atoms with Crippen molar-refractivity contribution >= 4 is 21.9 Å². The molecule has 5 rings (SSSR count). The Morgan fingerprint density at radius 2 is 1.68 bits per heavy atom. The van der Waals surface area contributed by atoms with Crippen molar-refractivity contribution in [3.63, 3.8) is 0 Å². The molecule has 8 heteroatoms. The highest BCUT2D eigenvalue weighted by molar-refractivity contribution is 5.91. The Balaban J connectivity index is 1.77. The highest BCUT2D eigenvalue weighted by atomic mass is 16.5. The number of imidazole rings is 1. The van der Waals surface area contributed by atoms with Gasteiger partial charge in [-0.1, -0.05) is 48.5 Å². The van der Waals surface area contributed by atoms with Crippen LogP contribution in [0.1, 0.15) is 5.56 Å². The van der Waals surface area contributed by atoms with Gasteiger partial charge >= 0.3 is 5.69 Å². The fourth-order valence-electron chi connectivity index (χ4n) is 4.23. The molecule has 2 heterocycles. The van der Waals surface area contributed by atoms with Crippen molar-refractivity contribution in [3.05, 3.63) is 99.5 Å². The summed E-state index contributed by atoms with van der Waals surface area (Å²) in [5, 5.41) is 1.89. The molecule has 172 valence electrons. The van der Waals surface area contributed by atoms with Gasteiger partial charge in [-0.15, -0.1) is 0 Å². The second kappa shape index (κ2) is 8.99. The first-order valence-electron chi connectivity index (χ1n) is 10.9. The zero-order valence-electron chi connectivity index (χ0n) is 19.0. The van der Waals surface area contributed by atoms with E-state index in [4.69, 9.17) is 9.47 Å². The van der Waals surface area contributed by atoms with Crippen molar-refractivity contribution in [1.29, 1.82) is 0 Å². The fraction of sp³-hybridized carbons (Fsp3) is 0.192. The third-order valence-electron chi connectivity index (χ3n) is 5.94. The number of rotatable bonds is 7. The second-order valence-corrected chi connectivity index (χ2v) is 7.96. The largest absolute Gasteiger partial charge is 0.497 e. The molecule has 0 atom stereocenters. The van der Waals surface area contributed by atoms with Gasteiger partial charge < -0.3 is 14.0 Å². The Labute approximate surface area is 195 Å². The van der Waals surface area contributed by atoms with Crippen LogP contribution in [-0.4, -0.2) is 39.5 Å². The predicted molar refractivity (Wildman–Crippen MR) is 131 cm³/mol. The molecule has 0 saturated heterocycles. The van der Waals surface area contributed by atoms with Gasteiger partial charge in [-0.25, -0.2) is 14.3 Å². The van der Waals surface area contributed by atoms with Crippen LogP contribution in [-0.2, 0) is 17.8 Å². The Morgan fingerprint density at radius 1 is 0.912 bits per heavy atom. The zero-order valence-corrected chi connectivity index (χ0v) is 19.0. The van der Waals surface area contributed by atoms with E-state index >= 15 is 0 Å². The van der Waals surface area contributed by atoms with Crippen LogP contribution < -0.4 is 16.0 Å². The zero-order chi connectivity index (χ0) is 23.7. The molecule has 0 aliphatic heterocycles. The van der Waals surface area contributed by atoms with Crippen molar-refractivity contribution in [2.45, 2.75) is 13.1 Å². The minimum Gasteiger partial charge on any atom is -0.497 e. The Hall–Kier alpha value is -4.17. The van der Waals surface area contributed by atoms with Gasteiger partial charge in [0.05, 0.1) is 32.3 Å². The van der Waals surface area contributed by atoms with E-state index < -0.39 is 5.69 Å². The quantitative estimate of drug-likeness (QED) is 0.376. The fourth-order valence-corrected chi connectivity index (χ4v) is 4.23. The lowest BCUT2D eigenvalue weighted by Crippen LogP contribution is -2.41. The lowest BCUT2D eigenvalue weighted by Gasteiger charge is -2.14. The van der Waals surface area contributed by atoms with Crippen LogP contribution >= 0.6 is 0 Å². The molecular formula is C26H24N4O4. The third kappa shape index (κ3) is 3.68. The van der Waals surface area contributed by atoms with Gasteiger partial charge in [0.15, 0.2) is 11.2 Å². The molecule has 0 radical (unpaired) electrons. The van der Waals surface area contributed by atoms with Crippen LogP contribution in [0.5, 0.6) is 5.75 Å². The molecule has 0 fully saturated rings. The summed E-state index contributed by atoms with van der Waals surface area (Å²) in [7, 11) is 3.16. The van der Waals surface area contributed by atoms with Gasteiger partial charge in [0.2, 0.25) is 0 Å². The smallest absolute Gasteiger partial charge is 0.337 e. The number of hydrogen-bond acceptors (Lipinski definition) is 5. The van der Waals surface area contributed by atoms with E-state index in [2.05, 4.69) is 4.98 Å². The number of ether oxygens (including phenoxy) is 2. The normalized spacial score (nSPS) is 11.4. The summed E-state index contributed by atoms with van der Waals surface area (Å²) in [5.41, 5.74) is 1.51. The summed E-state index contributed by atoms with van der Waals surface area (Å²) in [6.07, 6.45) is 1.61. The van der Waals surface area contributed by atoms with Crippen LogP contribution in [0, 0.1) is 0 Å². The highest BCUT2D eigenvalue weighted by Crippen LogP contribution is 2.23. The molecule has 0 spiro atoms. The van der Waals surface area contributed by atoms with Gasteiger partial charge in [0.1, 0.15) is 5.75 Å². The minimum absolute atomic E-state index is 0.141. The molecule has 5 aromatic rings. The molecule has 8 nitrogen and oxygen atoms in total. The molecule has 0 saturated carbocycles. The first kappa shape index (κ1) is 21.7. The Bertz CT molecular complexity index is 1590. The lowest BCUT2D eigenvalue weighted by atomic mass is 10.1. The molecule has 0 bridgehead atoms. The average molecular weight is 457 g/mol. The van der Waals surface area contributed by atoms with Crippen LogP contribution in [0.15, 0.2) is 82.6 Å². The Kier molecular flexibility index (Phi) is 5.73. The van der Waals surface area contributed by atoms with Crippen LogP contribution in [0.2, 0.25) is 0 Å². The van der Waals surface area contributed by atoms with Crippen LogP contribution in [0.3, 0.4) is 0 Å². The average Bonchev–Trinajstić information content (AvgIpc) is 3.28. The molecule has 34 heavy (non-hydrogen) atoms. The Morgan fingerprint density at radius 3 is 2.44 bits per heavy atom. The molecule has 0 amide bonds. The molecular weight excluding hydrogens is 432 g/mol. The van der Waals surface area contributed by atoms with Crippen molar-refractivity contribution in [2.75, 3.05) is 20.8 Å². The maximum absolute atomic E-state index is 13.6. The van der Waals surface area contributed by atoms with Gasteiger partial charge in [-0.05, 0) is 29.1 Å². The summed E-state index contributed by atoms with van der Waals surface area (Å²) in [4.78, 5) is 31.6. The van der Waals surface area contributed by atoms with E-state index in [1.165, 1.54) is 9.13 Å². The molecule has 0 N–H and O–H groups in total. The predicted octanol–water partition coefficient (Wildman–Crippen LogP) is 3.21. The van der Waals surface area contributed by atoms with E-state index in [1.54, 1.807) is 25.1 Å². The molecule has 3 aromatic carbocycles. The number of benzene rings is 3. The highest BCUT2D eigenvalue weighted by Gasteiger charge is 2.20. The van der Waals surface area contributed by atoms with E-state index in [-0.39, 0.29) is 18.7 Å². The SMILES string of the molecule is COCCn1c(=O)c2c(ncn2Cc2ccc(OC)cc2)n(-c2cccc3ccccc23)c1=O. The van der Waals surface area contributed by atoms with Gasteiger partial charge in [0, 0.05) is 19.0 Å². The standard InChI is InChI=1S/C26H24N4O4/c1-33-15-14-29-25(31)23-24(27-17-28(23)16-18-10-12-20(34-2)13-11-18)30(26(29)32)22-9-5-7-19-6-3-4-8-21(19)22/h3-13,17H,14-16H2,1-2H3. The lowest BCUT2D eigenvalue weighted by molar-refractivity contribution is 0.184. The van der Waals surface area contributed by atoms with Crippen molar-refractivity contribution in [1.82, 2.24) is 18.7 Å². The molecule has 0 aliphatic rings. The number of nitrogens with zero attached hydrogens (tertiary/aromatic N) is 4. The number of methoxy groups -OCH3 is 2. The van der Waals surface area contributed by atoms with E-state index in [0.717, 1.165) is 22.1 Å². The van der Waals surface area contributed by atoms with Crippen LogP contribution in [0.4, 0.5) is 0 Å². The van der Waals surface area contributed by atoms with E-state index in [0.29, 0.717) is 23.4 Å². The summed E-state index contributed by atoms with van der Waals surface area (Å²) in [5.74, 6) is 0.756. The van der Waals surface area contributed by atoms with Crippen molar-refractivity contribution < 1.29 is 9.47 Å². The maximum Gasteiger partial charge on any atom is 0.337 e. The van der Waals surface area contributed by atoms with Crippen LogP contribution in [0.25, 0.3) is 27.6 Å². The number of aromatic nitrogens is 4. The third-order valence-corrected chi connectivity index (χ3v) is 5.94. The summed E-state index contributed by atoms with van der Waals surface area (Å²) in [6, 6.07) is 21.2. The van der Waals surface area contributed by atoms with Gasteiger partial charge in [0.25, 0.3) is 5.56 Å². The summed E-state index contributed by atoms with van der Waals surface area (Å²) in [6.45, 7) is 0.805. The minimum atomic E-state index is -0.444. The van der Waals surface area contributed by atoms with Crippen molar-refractivity contribution in [3.8, 4) is 11.4 Å². The first-order chi connectivity index (χ1) is 16.6. The first-order valence-corrected chi connectivity index (χ1v) is 10.9. The topological polar surface area (TPSA) is 80.3 Å². The number of fused-ring (bicyclic) bond motifs is 2. The van der Waals surface area contributed by atoms with E-state index in [1.807, 2.05) is 66.7 Å².